The molecule has 2 aromatic heterocycles. The summed E-state index contributed by atoms with van der Waals surface area (Å²) in [6.07, 6.45) is 1.06. The van der Waals surface area contributed by atoms with Crippen molar-refractivity contribution in [2.45, 2.75) is 37.4 Å². The summed E-state index contributed by atoms with van der Waals surface area (Å²) in [6.45, 7) is 4.63. The average Bonchev–Trinajstić information content (AvgIpc) is 3.43. The maximum atomic E-state index is 13.2. The fraction of sp³-hybridized carbons (Fsp3) is 0.435. The third kappa shape index (κ3) is 5.83. The van der Waals surface area contributed by atoms with Crippen molar-refractivity contribution < 1.29 is 27.5 Å². The number of rotatable bonds is 8. The second kappa shape index (κ2) is 11.4. The predicted molar refractivity (Wildman–Crippen MR) is 139 cm³/mol. The number of sulfonamides is 1. The molecule has 1 aromatic carbocycles. The van der Waals surface area contributed by atoms with Crippen LogP contribution in [-0.2, 0) is 30.9 Å². The largest absolute Gasteiger partial charge is 0.494 e. The van der Waals surface area contributed by atoms with Gasteiger partial charge in [-0.2, -0.15) is 9.30 Å². The second-order valence-electron chi connectivity index (χ2n) is 8.05. The zero-order valence-electron chi connectivity index (χ0n) is 19.8. The number of piperidine rings is 1. The number of carbonyl (C=O) groups excluding carboxylic acids is 2. The number of ether oxygens (including phenoxy) is 2. The molecular weight excluding hydrogens is 546 g/mol. The number of esters is 1. The zero-order chi connectivity index (χ0) is 25.9. The number of halogens is 1. The Morgan fingerprint density at radius 3 is 2.67 bits per heavy atom. The van der Waals surface area contributed by atoms with E-state index in [1.165, 1.54) is 21.7 Å². The predicted octanol–water partition coefficient (Wildman–Crippen LogP) is 3.91. The maximum Gasteiger partial charge on any atom is 0.326 e. The van der Waals surface area contributed by atoms with Gasteiger partial charge in [-0.05, 0) is 57.0 Å². The van der Waals surface area contributed by atoms with Crippen molar-refractivity contribution in [3.63, 3.8) is 0 Å². The van der Waals surface area contributed by atoms with Gasteiger partial charge in [-0.3, -0.25) is 9.59 Å². The molecule has 1 aliphatic heterocycles. The third-order valence-electron chi connectivity index (χ3n) is 5.64. The van der Waals surface area contributed by atoms with E-state index in [1.54, 1.807) is 23.6 Å². The Kier molecular flexibility index (Phi) is 8.51. The highest BCUT2D eigenvalue weighted by Gasteiger charge is 2.34. The van der Waals surface area contributed by atoms with Gasteiger partial charge < -0.3 is 14.0 Å². The topological polar surface area (TPSA) is 107 Å². The Morgan fingerprint density at radius 2 is 1.97 bits per heavy atom. The van der Waals surface area contributed by atoms with Crippen LogP contribution < -0.4 is 9.54 Å². The fourth-order valence-electron chi connectivity index (χ4n) is 4.00. The number of aromatic nitrogens is 1. The SMILES string of the molecule is CCOC(=O)Cn1c(=NC(=O)C2CCCN(S(=O)(=O)c3ccc(Cl)s3)C2)sc2cc(OCC)ccc21. The quantitative estimate of drug-likeness (QED) is 0.379. The molecule has 0 bridgehead atoms. The number of thiophene rings is 1. The first-order chi connectivity index (χ1) is 17.2. The monoisotopic (exact) mass is 571 g/mol. The van der Waals surface area contributed by atoms with Crippen LogP contribution in [0, 0.1) is 5.92 Å². The number of fused-ring (bicyclic) bond motifs is 1. The summed E-state index contributed by atoms with van der Waals surface area (Å²) < 4.78 is 41.1. The van der Waals surface area contributed by atoms with Crippen LogP contribution in [0.3, 0.4) is 0 Å². The van der Waals surface area contributed by atoms with Crippen LogP contribution >= 0.6 is 34.3 Å². The molecule has 1 atom stereocenters. The lowest BCUT2D eigenvalue weighted by atomic mass is 9.99. The van der Waals surface area contributed by atoms with E-state index in [4.69, 9.17) is 21.1 Å². The van der Waals surface area contributed by atoms with Gasteiger partial charge in [0, 0.05) is 13.1 Å². The lowest BCUT2D eigenvalue weighted by Gasteiger charge is -2.29. The van der Waals surface area contributed by atoms with Crippen molar-refractivity contribution in [3.05, 3.63) is 39.5 Å². The summed E-state index contributed by atoms with van der Waals surface area (Å²) in [5, 5.41) is 0. The Labute approximate surface area is 222 Å². The standard InChI is InChI=1S/C23H26ClN3O6S3/c1-3-32-16-7-8-17-18(12-16)34-23(27(17)14-20(28)33-4-2)25-22(29)15-6-5-11-26(13-15)36(30,31)21-10-9-19(24)35-21/h7-10,12,15H,3-6,11,13-14H2,1-2H3. The molecule has 0 aliphatic carbocycles. The van der Waals surface area contributed by atoms with Crippen LogP contribution in [0.5, 0.6) is 5.75 Å². The van der Waals surface area contributed by atoms with Crippen LogP contribution in [0.2, 0.25) is 4.34 Å². The van der Waals surface area contributed by atoms with E-state index in [0.717, 1.165) is 21.6 Å². The van der Waals surface area contributed by atoms with Gasteiger partial charge in [-0.1, -0.05) is 22.9 Å². The zero-order valence-corrected chi connectivity index (χ0v) is 23.0. The molecule has 0 radical (unpaired) electrons. The third-order valence-corrected chi connectivity index (χ3v) is 10.2. The van der Waals surface area contributed by atoms with E-state index < -0.39 is 27.8 Å². The average molecular weight is 572 g/mol. The molecule has 9 nitrogen and oxygen atoms in total. The van der Waals surface area contributed by atoms with Crippen LogP contribution in [0.15, 0.2) is 39.5 Å². The molecule has 13 heteroatoms. The highest BCUT2D eigenvalue weighted by Crippen LogP contribution is 2.31. The molecule has 0 spiro atoms. The summed E-state index contributed by atoms with van der Waals surface area (Å²) in [4.78, 5) is 30.2. The second-order valence-corrected chi connectivity index (χ2v) is 12.9. The summed E-state index contributed by atoms with van der Waals surface area (Å²) in [6, 6.07) is 8.48. The molecule has 3 aromatic rings. The smallest absolute Gasteiger partial charge is 0.326 e. The number of carbonyl (C=O) groups is 2. The summed E-state index contributed by atoms with van der Waals surface area (Å²) >= 11 is 8.19. The summed E-state index contributed by atoms with van der Waals surface area (Å²) in [5.74, 6) is -0.781. The molecule has 0 saturated carbocycles. The number of amides is 1. The van der Waals surface area contributed by atoms with Crippen LogP contribution in [0.1, 0.15) is 26.7 Å². The number of benzene rings is 1. The van der Waals surface area contributed by atoms with Gasteiger partial charge in [0.2, 0.25) is 0 Å². The van der Waals surface area contributed by atoms with Crippen LogP contribution in [-0.4, -0.2) is 55.5 Å². The van der Waals surface area contributed by atoms with Crippen molar-refractivity contribution in [1.29, 1.82) is 0 Å². The van der Waals surface area contributed by atoms with Gasteiger partial charge in [0.25, 0.3) is 15.9 Å². The van der Waals surface area contributed by atoms with E-state index in [0.29, 0.717) is 40.9 Å². The molecule has 1 unspecified atom stereocenters. The molecule has 3 heterocycles. The van der Waals surface area contributed by atoms with Gasteiger partial charge in [0.05, 0.1) is 33.7 Å². The lowest BCUT2D eigenvalue weighted by molar-refractivity contribution is -0.143. The van der Waals surface area contributed by atoms with Gasteiger partial charge in [0.15, 0.2) is 4.80 Å². The van der Waals surface area contributed by atoms with Gasteiger partial charge >= 0.3 is 5.97 Å². The fourth-order valence-corrected chi connectivity index (χ4v) is 8.22. The molecule has 4 rings (SSSR count). The minimum Gasteiger partial charge on any atom is -0.494 e. The minimum atomic E-state index is -3.75. The van der Waals surface area contributed by atoms with E-state index in [2.05, 4.69) is 4.99 Å². The van der Waals surface area contributed by atoms with Gasteiger partial charge in [0.1, 0.15) is 16.5 Å². The van der Waals surface area contributed by atoms with E-state index in [9.17, 15) is 18.0 Å². The van der Waals surface area contributed by atoms with E-state index in [1.807, 2.05) is 19.1 Å². The van der Waals surface area contributed by atoms with Crippen molar-refractivity contribution in [2.24, 2.45) is 10.9 Å². The lowest BCUT2D eigenvalue weighted by Crippen LogP contribution is -2.42. The molecule has 194 valence electrons. The number of thiazole rings is 1. The first-order valence-corrected chi connectivity index (χ1v) is 14.9. The highest BCUT2D eigenvalue weighted by atomic mass is 35.5. The van der Waals surface area contributed by atoms with Crippen molar-refractivity contribution >= 4 is 66.4 Å². The molecule has 1 amide bonds. The van der Waals surface area contributed by atoms with Gasteiger partial charge in [-0.25, -0.2) is 8.42 Å². The van der Waals surface area contributed by atoms with Crippen molar-refractivity contribution in [1.82, 2.24) is 8.87 Å². The highest BCUT2D eigenvalue weighted by molar-refractivity contribution is 7.91. The normalized spacial score (nSPS) is 17.4. The van der Waals surface area contributed by atoms with Crippen molar-refractivity contribution in [3.8, 4) is 5.75 Å². The van der Waals surface area contributed by atoms with Crippen molar-refractivity contribution in [2.75, 3.05) is 26.3 Å². The number of hydrogen-bond donors (Lipinski definition) is 0. The summed E-state index contributed by atoms with van der Waals surface area (Å²) in [7, 11) is -3.75. The molecule has 1 saturated heterocycles. The molecule has 36 heavy (non-hydrogen) atoms. The number of nitrogens with zero attached hydrogens (tertiary/aromatic N) is 3. The molecule has 0 N–H and O–H groups in total. The van der Waals surface area contributed by atoms with Gasteiger partial charge in [-0.15, -0.1) is 11.3 Å². The van der Waals surface area contributed by atoms with Crippen LogP contribution in [0.25, 0.3) is 10.2 Å². The molecule has 1 aliphatic rings. The minimum absolute atomic E-state index is 0.0391. The molecule has 1 fully saturated rings. The Hall–Kier alpha value is -2.25. The van der Waals surface area contributed by atoms with E-state index in [-0.39, 0.29) is 23.9 Å². The number of hydrogen-bond acceptors (Lipinski definition) is 8. The maximum absolute atomic E-state index is 13.2. The Bertz CT molecular complexity index is 1440. The van der Waals surface area contributed by atoms with Crippen LogP contribution in [0.4, 0.5) is 0 Å². The first-order valence-electron chi connectivity index (χ1n) is 11.5. The Morgan fingerprint density at radius 1 is 1.17 bits per heavy atom. The molecular formula is C23H26ClN3O6S3. The van der Waals surface area contributed by atoms with E-state index >= 15 is 0 Å². The Balaban J connectivity index is 1.65. The first kappa shape index (κ1) is 26.8. The summed E-state index contributed by atoms with van der Waals surface area (Å²) in [5.41, 5.74) is 0.727.